The molecule has 2 aromatic rings. The number of carbonyl (C=O) groups is 1. The maximum Gasteiger partial charge on any atom is 0.361 e. The Morgan fingerprint density at radius 2 is 1.64 bits per heavy atom. The number of para-hydroxylation sites is 1. The van der Waals surface area contributed by atoms with Gasteiger partial charge in [0.25, 0.3) is 10.0 Å². The van der Waals surface area contributed by atoms with E-state index in [2.05, 4.69) is 58.8 Å². The molecule has 1 fully saturated rings. The van der Waals surface area contributed by atoms with E-state index in [1.807, 2.05) is 0 Å². The molecule has 1 N–H and O–H groups in total. The Kier molecular flexibility index (Phi) is 5.67. The topological polar surface area (TPSA) is 90.3 Å². The summed E-state index contributed by atoms with van der Waals surface area (Å²) < 4.78 is 33.4. The summed E-state index contributed by atoms with van der Waals surface area (Å²) in [5, 5.41) is 3.07. The molecule has 1 aliphatic heterocycles. The number of ether oxygens (including phenoxy) is 1. The lowest BCUT2D eigenvalue weighted by Gasteiger charge is -2.50. The van der Waals surface area contributed by atoms with Crippen LogP contribution in [0.1, 0.15) is 71.8 Å². The van der Waals surface area contributed by atoms with Crippen LogP contribution < -0.4 is 5.32 Å². The van der Waals surface area contributed by atoms with Crippen molar-refractivity contribution < 1.29 is 17.9 Å². The van der Waals surface area contributed by atoms with Gasteiger partial charge in [-0.15, -0.1) is 0 Å². The van der Waals surface area contributed by atoms with Crippen molar-refractivity contribution in [2.24, 2.45) is 28.6 Å². The monoisotopic (exact) mass is 473 g/mol. The predicted octanol–water partition coefficient (Wildman–Crippen LogP) is 5.46. The van der Waals surface area contributed by atoms with E-state index in [4.69, 9.17) is 4.74 Å². The first kappa shape index (κ1) is 23.8. The van der Waals surface area contributed by atoms with E-state index >= 15 is 0 Å². The summed E-state index contributed by atoms with van der Waals surface area (Å²) in [4.78, 5) is 17.8. The standard InChI is InChI=1S/C25H35N3O4S/c1-15-12-16(24(2,3)4)21(17(13-15)25(5,6)7)32-23(29)20-22-27-18-10-8-9-11-19(18)33(30,31)28(22)14-26-20/h8-11,14-17,21,27H,12-13H2,1-7H3. The van der Waals surface area contributed by atoms with Crippen molar-refractivity contribution in [3.05, 3.63) is 36.3 Å². The molecule has 1 aliphatic carbocycles. The third-order valence-corrected chi connectivity index (χ3v) is 8.89. The first-order chi connectivity index (χ1) is 15.2. The number of benzene rings is 1. The maximum atomic E-state index is 13.5. The summed E-state index contributed by atoms with van der Waals surface area (Å²) in [5.74, 6) is 0.448. The second kappa shape index (κ2) is 7.86. The molecule has 2 atom stereocenters. The van der Waals surface area contributed by atoms with Crippen LogP contribution in [0.25, 0.3) is 0 Å². The Morgan fingerprint density at radius 1 is 1.06 bits per heavy atom. The van der Waals surface area contributed by atoms with Crippen LogP contribution in [-0.2, 0) is 14.8 Å². The van der Waals surface area contributed by atoms with E-state index in [9.17, 15) is 13.2 Å². The zero-order valence-corrected chi connectivity index (χ0v) is 21.4. The highest BCUT2D eigenvalue weighted by Crippen LogP contribution is 2.50. The van der Waals surface area contributed by atoms with Crippen molar-refractivity contribution in [1.82, 2.24) is 8.96 Å². The van der Waals surface area contributed by atoms with Gasteiger partial charge in [-0.25, -0.2) is 22.2 Å². The molecule has 0 radical (unpaired) electrons. The Bertz CT molecular complexity index is 1150. The molecule has 1 saturated carbocycles. The van der Waals surface area contributed by atoms with Gasteiger partial charge < -0.3 is 10.1 Å². The third-order valence-electron chi connectivity index (χ3n) is 7.18. The molecule has 8 heteroatoms. The molecule has 1 aromatic carbocycles. The molecule has 0 saturated heterocycles. The van der Waals surface area contributed by atoms with Crippen LogP contribution in [0.5, 0.6) is 0 Å². The van der Waals surface area contributed by atoms with Crippen LogP contribution in [0.2, 0.25) is 0 Å². The van der Waals surface area contributed by atoms with Gasteiger partial charge in [0.15, 0.2) is 11.5 Å². The fourth-order valence-corrected chi connectivity index (χ4v) is 6.76. The highest BCUT2D eigenvalue weighted by Gasteiger charge is 2.48. The summed E-state index contributed by atoms with van der Waals surface area (Å²) in [6.45, 7) is 15.4. The summed E-state index contributed by atoms with van der Waals surface area (Å²) in [6, 6.07) is 6.62. The number of nitrogens with one attached hydrogen (secondary N) is 1. The van der Waals surface area contributed by atoms with E-state index in [0.717, 1.165) is 16.8 Å². The van der Waals surface area contributed by atoms with Crippen LogP contribution in [0.3, 0.4) is 0 Å². The van der Waals surface area contributed by atoms with Gasteiger partial charge >= 0.3 is 5.97 Å². The molecule has 0 bridgehead atoms. The average Bonchev–Trinajstić information content (AvgIpc) is 3.12. The van der Waals surface area contributed by atoms with E-state index < -0.39 is 16.0 Å². The van der Waals surface area contributed by atoms with Gasteiger partial charge in [-0.1, -0.05) is 60.6 Å². The highest BCUT2D eigenvalue weighted by atomic mass is 32.2. The first-order valence-electron chi connectivity index (χ1n) is 11.6. The predicted molar refractivity (Wildman–Crippen MR) is 128 cm³/mol. The van der Waals surface area contributed by atoms with Gasteiger partial charge in [-0.3, -0.25) is 0 Å². The lowest BCUT2D eigenvalue weighted by Crippen LogP contribution is -2.49. The molecule has 2 aliphatic rings. The van der Waals surface area contributed by atoms with E-state index in [1.165, 1.54) is 12.4 Å². The third kappa shape index (κ3) is 4.18. The first-order valence-corrected chi connectivity index (χ1v) is 13.0. The summed E-state index contributed by atoms with van der Waals surface area (Å²) in [6.07, 6.45) is 2.86. The number of hydrogen-bond donors (Lipinski definition) is 1. The van der Waals surface area contributed by atoms with Crippen LogP contribution in [0, 0.1) is 28.6 Å². The van der Waals surface area contributed by atoms with Gasteiger partial charge in [-0.05, 0) is 41.7 Å². The second-order valence-corrected chi connectivity index (χ2v) is 13.5. The van der Waals surface area contributed by atoms with Crippen molar-refractivity contribution in [3.63, 3.8) is 0 Å². The van der Waals surface area contributed by atoms with Crippen LogP contribution in [0.4, 0.5) is 11.5 Å². The fourth-order valence-electron chi connectivity index (χ4n) is 5.36. The molecular formula is C25H35N3O4S. The normalized spacial score (nSPS) is 26.6. The Hall–Kier alpha value is -2.35. The minimum atomic E-state index is -3.84. The molecule has 1 aromatic heterocycles. The average molecular weight is 474 g/mol. The zero-order chi connectivity index (χ0) is 24.3. The van der Waals surface area contributed by atoms with Gasteiger partial charge in [-0.2, -0.15) is 0 Å². The van der Waals surface area contributed by atoms with Crippen LogP contribution in [-0.4, -0.2) is 29.4 Å². The molecule has 2 unspecified atom stereocenters. The van der Waals surface area contributed by atoms with E-state index in [0.29, 0.717) is 11.6 Å². The number of nitrogens with zero attached hydrogens (tertiary/aromatic N) is 2. The fraction of sp³-hybridized carbons (Fsp3) is 0.600. The minimum absolute atomic E-state index is 0.00739. The van der Waals surface area contributed by atoms with Crippen molar-refractivity contribution in [1.29, 1.82) is 0 Å². The number of anilines is 2. The zero-order valence-electron chi connectivity index (χ0n) is 20.5. The number of imidazole rings is 1. The maximum absolute atomic E-state index is 13.5. The molecule has 4 rings (SSSR count). The summed E-state index contributed by atoms with van der Waals surface area (Å²) in [5.41, 5.74) is 0.326. The smallest absolute Gasteiger partial charge is 0.361 e. The number of rotatable bonds is 2. The van der Waals surface area contributed by atoms with Crippen molar-refractivity contribution >= 4 is 27.5 Å². The highest BCUT2D eigenvalue weighted by molar-refractivity contribution is 7.90. The largest absolute Gasteiger partial charge is 0.457 e. The summed E-state index contributed by atoms with van der Waals surface area (Å²) in [7, 11) is -3.84. The summed E-state index contributed by atoms with van der Waals surface area (Å²) >= 11 is 0. The van der Waals surface area contributed by atoms with E-state index in [1.54, 1.807) is 18.2 Å². The molecular weight excluding hydrogens is 438 g/mol. The van der Waals surface area contributed by atoms with Crippen LogP contribution in [0.15, 0.2) is 35.5 Å². The number of esters is 1. The molecule has 2 heterocycles. The number of carbonyl (C=O) groups excluding carboxylic acids is 1. The van der Waals surface area contributed by atoms with Crippen molar-refractivity contribution in [3.8, 4) is 0 Å². The Labute approximate surface area is 197 Å². The van der Waals surface area contributed by atoms with Gasteiger partial charge in [0.2, 0.25) is 0 Å². The molecule has 7 nitrogen and oxygen atoms in total. The lowest BCUT2D eigenvalue weighted by molar-refractivity contribution is -0.0925. The number of hydrogen-bond acceptors (Lipinski definition) is 6. The SMILES string of the molecule is CC1CC(C(C)(C)C)C(OC(=O)c2ncn3c2Nc2ccccc2S3(=O)=O)C(C(C)(C)C)C1. The van der Waals surface area contributed by atoms with Gasteiger partial charge in [0.05, 0.1) is 5.69 Å². The number of fused-ring (bicyclic) bond motifs is 2. The van der Waals surface area contributed by atoms with Crippen LogP contribution >= 0.6 is 0 Å². The van der Waals surface area contributed by atoms with Gasteiger partial charge in [0, 0.05) is 11.8 Å². The second-order valence-electron chi connectivity index (χ2n) is 11.8. The molecule has 180 valence electrons. The molecule has 0 amide bonds. The number of aromatic nitrogens is 2. The van der Waals surface area contributed by atoms with Crippen molar-refractivity contribution in [2.75, 3.05) is 5.32 Å². The molecule has 33 heavy (non-hydrogen) atoms. The Morgan fingerprint density at radius 3 is 2.21 bits per heavy atom. The Balaban J connectivity index is 1.70. The van der Waals surface area contributed by atoms with Crippen molar-refractivity contribution in [2.45, 2.75) is 72.3 Å². The van der Waals surface area contributed by atoms with Gasteiger partial charge in [0.1, 0.15) is 17.3 Å². The lowest BCUT2D eigenvalue weighted by atomic mass is 9.59. The quantitative estimate of drug-likeness (QED) is 0.497. The minimum Gasteiger partial charge on any atom is -0.457 e. The van der Waals surface area contributed by atoms with E-state index in [-0.39, 0.29) is 45.2 Å². The molecule has 0 spiro atoms.